The average molecular weight is 317 g/mol. The minimum absolute atomic E-state index is 0. The normalized spacial score (nSPS) is 9.05. The van der Waals surface area contributed by atoms with E-state index in [0.29, 0.717) is 11.3 Å². The van der Waals surface area contributed by atoms with E-state index in [1.54, 1.807) is 24.3 Å². The number of aromatic nitrogens is 2. The fourth-order valence-electron chi connectivity index (χ4n) is 1.50. The Kier molecular flexibility index (Phi) is 7.53. The Hall–Kier alpha value is -1.89. The molecule has 2 aromatic rings. The Morgan fingerprint density at radius 1 is 1.20 bits per heavy atom. The van der Waals surface area contributed by atoms with E-state index in [9.17, 15) is 9.59 Å². The zero-order chi connectivity index (χ0) is 13.0. The molecule has 6 nitrogen and oxygen atoms in total. The highest BCUT2D eigenvalue weighted by Gasteiger charge is 2.21. The number of ether oxygens (including phenoxy) is 1. The number of hydrogen-bond donors (Lipinski definition) is 2. The molecule has 2 rings (SSSR count). The molecule has 0 atom stereocenters. The summed E-state index contributed by atoms with van der Waals surface area (Å²) < 4.78 is 4.58. The molecule has 1 aromatic heterocycles. The lowest BCUT2D eigenvalue weighted by Crippen LogP contribution is -3.00. The number of halogens is 2. The summed E-state index contributed by atoms with van der Waals surface area (Å²) >= 11 is 0. The van der Waals surface area contributed by atoms with Gasteiger partial charge in [0.2, 0.25) is 5.69 Å². The maximum absolute atomic E-state index is 11.9. The largest absolute Gasteiger partial charge is 1.00 e. The summed E-state index contributed by atoms with van der Waals surface area (Å²) in [7, 11) is 1.27. The van der Waals surface area contributed by atoms with E-state index in [1.165, 1.54) is 18.6 Å². The Balaban J connectivity index is 0.00000180. The number of aromatic amines is 1. The van der Waals surface area contributed by atoms with E-state index in [1.807, 2.05) is 6.07 Å². The van der Waals surface area contributed by atoms with Gasteiger partial charge in [-0.2, -0.15) is 5.10 Å². The molecular weight excluding hydrogens is 305 g/mol. The van der Waals surface area contributed by atoms with Crippen LogP contribution in [-0.2, 0) is 4.74 Å². The first-order chi connectivity index (χ1) is 8.72. The van der Waals surface area contributed by atoms with Gasteiger partial charge in [-0.15, -0.1) is 0 Å². The summed E-state index contributed by atoms with van der Waals surface area (Å²) in [4.78, 5) is 23.3. The van der Waals surface area contributed by atoms with Gasteiger partial charge in [0.15, 0.2) is 5.69 Å². The van der Waals surface area contributed by atoms with Gasteiger partial charge in [-0.25, -0.2) is 14.9 Å². The van der Waals surface area contributed by atoms with Crippen molar-refractivity contribution in [2.24, 2.45) is 0 Å². The highest BCUT2D eigenvalue weighted by Crippen LogP contribution is 2.06. The van der Waals surface area contributed by atoms with E-state index in [4.69, 9.17) is 0 Å². The smallest absolute Gasteiger partial charge is 0.362 e. The van der Waals surface area contributed by atoms with Crippen LogP contribution in [-0.4, -0.2) is 29.2 Å². The number of quaternary nitrogens is 1. The van der Waals surface area contributed by atoms with Gasteiger partial charge < -0.3 is 29.6 Å². The van der Waals surface area contributed by atoms with Crippen molar-refractivity contribution in [2.45, 2.75) is 0 Å². The van der Waals surface area contributed by atoms with Gasteiger partial charge in [0, 0.05) is 0 Å². The molecule has 108 valence electrons. The number of primary amides is 1. The number of carbonyl (C=O) groups is 2. The molecule has 0 bridgehead atoms. The van der Waals surface area contributed by atoms with Crippen LogP contribution in [0.1, 0.15) is 20.8 Å². The maximum atomic E-state index is 11.9. The van der Waals surface area contributed by atoms with Crippen LogP contribution in [0.2, 0.25) is 0 Å². The lowest BCUT2D eigenvalue weighted by Gasteiger charge is -1.99. The van der Waals surface area contributed by atoms with Gasteiger partial charge in [0.25, 0.3) is 0 Å². The molecule has 0 aliphatic heterocycles. The van der Waals surface area contributed by atoms with Gasteiger partial charge in [0.1, 0.15) is 6.20 Å². The highest BCUT2D eigenvalue weighted by molar-refractivity contribution is 5.93. The summed E-state index contributed by atoms with van der Waals surface area (Å²) in [5, 5.41) is 7.59. The van der Waals surface area contributed by atoms with Crippen LogP contribution in [0, 0.1) is 0 Å². The number of esters is 1. The molecule has 3 N–H and O–H groups in total. The summed E-state index contributed by atoms with van der Waals surface area (Å²) in [6, 6.07) is 8.79. The molecule has 20 heavy (non-hydrogen) atoms. The number of methoxy groups -OCH3 is 1. The minimum Gasteiger partial charge on any atom is -1.00 e. The molecule has 0 aliphatic rings. The molecule has 0 unspecified atom stereocenters. The zero-order valence-corrected chi connectivity index (χ0v) is 12.0. The quantitative estimate of drug-likeness (QED) is 0.552. The average Bonchev–Trinajstić information content (AvgIpc) is 2.87. The molecule has 8 heteroatoms. The number of nitrogens with two attached hydrogens (primary N) is 1. The SMILES string of the molecule is COC(=O)c1[nH]ncc1[NH2+]C(=O)c1ccccc1.[Cl-].[Cl-]. The summed E-state index contributed by atoms with van der Waals surface area (Å²) in [5.41, 5.74) is 1.13. The Morgan fingerprint density at radius 3 is 2.45 bits per heavy atom. The lowest BCUT2D eigenvalue weighted by atomic mass is 10.2. The molecule has 0 radical (unpaired) electrons. The Morgan fingerprint density at radius 2 is 1.85 bits per heavy atom. The maximum Gasteiger partial charge on any atom is 0.362 e. The first-order valence-electron chi connectivity index (χ1n) is 5.28. The van der Waals surface area contributed by atoms with Crippen molar-refractivity contribution in [1.82, 2.24) is 10.2 Å². The molecule has 0 spiro atoms. The van der Waals surface area contributed by atoms with Gasteiger partial charge in [-0.3, -0.25) is 5.10 Å². The Bertz CT molecular complexity index is 572. The molecule has 0 saturated carbocycles. The predicted molar refractivity (Wildman–Crippen MR) is 62.3 cm³/mol. The lowest BCUT2D eigenvalue weighted by molar-refractivity contribution is -0.464. The number of benzene rings is 1. The van der Waals surface area contributed by atoms with E-state index >= 15 is 0 Å². The number of hydrogen-bond acceptors (Lipinski definition) is 4. The Labute approximate surface area is 127 Å². The first-order valence-corrected chi connectivity index (χ1v) is 5.28. The van der Waals surface area contributed by atoms with Crippen LogP contribution in [0.5, 0.6) is 0 Å². The number of H-pyrrole nitrogens is 1. The van der Waals surface area contributed by atoms with Crippen molar-refractivity contribution in [3.05, 3.63) is 47.8 Å². The topological polar surface area (TPSA) is 88.7 Å². The fourth-order valence-corrected chi connectivity index (χ4v) is 1.50. The van der Waals surface area contributed by atoms with Crippen LogP contribution in [0.4, 0.5) is 5.69 Å². The van der Waals surface area contributed by atoms with Gasteiger partial charge in [-0.05, 0) is 12.1 Å². The second-order valence-electron chi connectivity index (χ2n) is 3.57. The van der Waals surface area contributed by atoms with E-state index in [-0.39, 0.29) is 36.4 Å². The van der Waals surface area contributed by atoms with Crippen molar-refractivity contribution < 1.29 is 44.5 Å². The van der Waals surface area contributed by atoms with Crippen LogP contribution < -0.4 is 30.1 Å². The summed E-state index contributed by atoms with van der Waals surface area (Å²) in [6.45, 7) is 0. The minimum atomic E-state index is -0.556. The summed E-state index contributed by atoms with van der Waals surface area (Å²) in [6.07, 6.45) is 1.41. The van der Waals surface area contributed by atoms with E-state index < -0.39 is 5.97 Å². The molecule has 0 fully saturated rings. The van der Waals surface area contributed by atoms with Crippen LogP contribution in [0.15, 0.2) is 36.5 Å². The monoisotopic (exact) mass is 316 g/mol. The molecule has 1 aromatic carbocycles. The first kappa shape index (κ1) is 18.1. The fraction of sp³-hybridized carbons (Fsp3) is 0.0833. The van der Waals surface area contributed by atoms with Crippen molar-refractivity contribution in [2.75, 3.05) is 7.11 Å². The van der Waals surface area contributed by atoms with Crippen LogP contribution >= 0.6 is 0 Å². The van der Waals surface area contributed by atoms with Gasteiger partial charge in [-0.1, -0.05) is 18.2 Å². The zero-order valence-electron chi connectivity index (χ0n) is 10.5. The molecule has 1 amide bonds. The second kappa shape index (κ2) is 8.31. The van der Waals surface area contributed by atoms with Crippen molar-refractivity contribution in [3.63, 3.8) is 0 Å². The van der Waals surface area contributed by atoms with Crippen molar-refractivity contribution >= 4 is 17.6 Å². The highest BCUT2D eigenvalue weighted by atomic mass is 35.5. The van der Waals surface area contributed by atoms with Crippen LogP contribution in [0.3, 0.4) is 0 Å². The number of nitrogens with one attached hydrogen (secondary N) is 1. The number of nitrogens with zero attached hydrogens (tertiary/aromatic N) is 1. The predicted octanol–water partition coefficient (Wildman–Crippen LogP) is -5.76. The van der Waals surface area contributed by atoms with Crippen molar-refractivity contribution in [3.8, 4) is 0 Å². The third-order valence-corrected chi connectivity index (χ3v) is 2.40. The van der Waals surface area contributed by atoms with Gasteiger partial charge in [0.05, 0.1) is 12.7 Å². The number of carbonyl (C=O) groups excluding carboxylic acids is 2. The number of rotatable bonds is 3. The van der Waals surface area contributed by atoms with Crippen LogP contribution in [0.25, 0.3) is 0 Å². The standard InChI is InChI=1S/C12H11N3O3.2ClH/c1-18-12(17)10-9(7-13-15-10)14-11(16)8-5-3-2-4-6-8;;/h2-7H,1H3,(H,13,15)(H,14,16);2*1H/p-1. The molecule has 0 aliphatic carbocycles. The second-order valence-corrected chi connectivity index (χ2v) is 3.57. The third kappa shape index (κ3) is 4.06. The molecule has 0 saturated heterocycles. The van der Waals surface area contributed by atoms with E-state index in [2.05, 4.69) is 14.9 Å². The molecular formula is C12H12Cl2N3O3-. The third-order valence-electron chi connectivity index (χ3n) is 2.40. The van der Waals surface area contributed by atoms with E-state index in [0.717, 1.165) is 0 Å². The molecule has 1 heterocycles. The van der Waals surface area contributed by atoms with Gasteiger partial charge >= 0.3 is 11.9 Å². The van der Waals surface area contributed by atoms with Crippen molar-refractivity contribution in [1.29, 1.82) is 0 Å². The summed E-state index contributed by atoms with van der Waals surface area (Å²) in [5.74, 6) is -0.748. The number of amides is 1.